The minimum atomic E-state index is -0.743. The molecule has 0 bridgehead atoms. The van der Waals surface area contributed by atoms with E-state index in [4.69, 9.17) is 0 Å². The van der Waals surface area contributed by atoms with E-state index in [1.54, 1.807) is 24.4 Å². The van der Waals surface area contributed by atoms with Crippen molar-refractivity contribution in [2.45, 2.75) is 0 Å². The summed E-state index contributed by atoms with van der Waals surface area (Å²) < 4.78 is 8.96. The summed E-state index contributed by atoms with van der Waals surface area (Å²) in [5.41, 5.74) is 0.537. The van der Waals surface area contributed by atoms with Crippen molar-refractivity contribution >= 4 is 18.0 Å². The Morgan fingerprint density at radius 1 is 1.17 bits per heavy atom. The van der Waals surface area contributed by atoms with Crippen LogP contribution in [-0.2, 0) is 19.1 Å². The fourth-order valence-electron chi connectivity index (χ4n) is 1.16. The van der Waals surface area contributed by atoms with Crippen molar-refractivity contribution in [1.82, 2.24) is 4.98 Å². The average molecular weight is 247 g/mol. The van der Waals surface area contributed by atoms with E-state index >= 15 is 0 Å². The van der Waals surface area contributed by atoms with Crippen LogP contribution in [0.2, 0.25) is 0 Å². The van der Waals surface area contributed by atoms with Crippen molar-refractivity contribution in [2.24, 2.45) is 0 Å². The third kappa shape index (κ3) is 3.86. The molecule has 0 N–H and O–H groups in total. The predicted molar refractivity (Wildman–Crippen MR) is 65.4 cm³/mol. The normalized spacial score (nSPS) is 9.89. The molecular weight excluding hydrogens is 234 g/mol. The highest BCUT2D eigenvalue weighted by Gasteiger charge is 2.18. The zero-order valence-corrected chi connectivity index (χ0v) is 10.1. The summed E-state index contributed by atoms with van der Waals surface area (Å²) in [5, 5.41) is 0. The molecule has 94 valence electrons. The van der Waals surface area contributed by atoms with Gasteiger partial charge in [0.15, 0.2) is 0 Å². The second-order valence-electron chi connectivity index (χ2n) is 3.18. The van der Waals surface area contributed by atoms with E-state index in [9.17, 15) is 9.59 Å². The van der Waals surface area contributed by atoms with Crippen molar-refractivity contribution < 1.29 is 19.1 Å². The Morgan fingerprint density at radius 2 is 1.83 bits per heavy atom. The number of esters is 2. The van der Waals surface area contributed by atoms with E-state index in [-0.39, 0.29) is 5.57 Å². The monoisotopic (exact) mass is 247 g/mol. The maximum Gasteiger partial charge on any atom is 0.345 e. The molecular formula is C13H13NO4. The highest BCUT2D eigenvalue weighted by molar-refractivity contribution is 6.14. The summed E-state index contributed by atoms with van der Waals surface area (Å²) in [4.78, 5) is 26.7. The Hall–Kier alpha value is -2.43. The summed E-state index contributed by atoms with van der Waals surface area (Å²) in [5.74, 6) is -1.49. The Morgan fingerprint density at radius 3 is 2.33 bits per heavy atom. The Bertz CT molecular complexity index is 459. The van der Waals surface area contributed by atoms with Gasteiger partial charge in [-0.1, -0.05) is 12.1 Å². The van der Waals surface area contributed by atoms with Crippen molar-refractivity contribution in [3.8, 4) is 0 Å². The minimum Gasteiger partial charge on any atom is -0.465 e. The Kier molecular flexibility index (Phi) is 5.31. The maximum atomic E-state index is 11.3. The van der Waals surface area contributed by atoms with Crippen molar-refractivity contribution in [3.05, 3.63) is 47.8 Å². The lowest BCUT2D eigenvalue weighted by Crippen LogP contribution is -2.15. The molecule has 0 aliphatic carbocycles. The van der Waals surface area contributed by atoms with Crippen LogP contribution < -0.4 is 0 Å². The zero-order chi connectivity index (χ0) is 13.4. The Balaban J connectivity index is 2.87. The number of carbonyl (C=O) groups is 2. The van der Waals surface area contributed by atoms with Crippen molar-refractivity contribution in [3.63, 3.8) is 0 Å². The summed E-state index contributed by atoms with van der Waals surface area (Å²) in [7, 11) is 2.39. The minimum absolute atomic E-state index is 0.174. The largest absolute Gasteiger partial charge is 0.465 e. The molecule has 0 spiro atoms. The number of hydrogen-bond acceptors (Lipinski definition) is 5. The molecule has 1 heterocycles. The number of carbonyl (C=O) groups excluding carboxylic acids is 2. The lowest BCUT2D eigenvalue weighted by molar-refractivity contribution is -0.144. The number of nitrogens with zero attached hydrogens (tertiary/aromatic N) is 1. The fraction of sp³-hybridized carbons (Fsp3) is 0.154. The molecule has 0 saturated carbocycles. The van der Waals surface area contributed by atoms with Gasteiger partial charge in [0.05, 0.1) is 19.9 Å². The van der Waals surface area contributed by atoms with E-state index in [0.29, 0.717) is 5.69 Å². The zero-order valence-electron chi connectivity index (χ0n) is 10.1. The van der Waals surface area contributed by atoms with Crippen LogP contribution in [0.5, 0.6) is 0 Å². The van der Waals surface area contributed by atoms with E-state index < -0.39 is 11.9 Å². The van der Waals surface area contributed by atoms with Gasteiger partial charge in [-0.05, 0) is 24.3 Å². The molecule has 0 radical (unpaired) electrons. The molecule has 0 aliphatic rings. The van der Waals surface area contributed by atoms with Crippen LogP contribution in [0.25, 0.3) is 6.08 Å². The summed E-state index contributed by atoms with van der Waals surface area (Å²) in [6.45, 7) is 0. The van der Waals surface area contributed by atoms with Crippen molar-refractivity contribution in [2.75, 3.05) is 14.2 Å². The number of methoxy groups -OCH3 is 2. The highest BCUT2D eigenvalue weighted by atomic mass is 16.5. The second kappa shape index (κ2) is 7.01. The first-order valence-corrected chi connectivity index (χ1v) is 5.15. The first-order valence-electron chi connectivity index (χ1n) is 5.15. The molecule has 0 saturated heterocycles. The van der Waals surface area contributed by atoms with Crippen molar-refractivity contribution in [1.29, 1.82) is 0 Å². The van der Waals surface area contributed by atoms with E-state index in [1.807, 2.05) is 6.07 Å². The number of hydrogen-bond donors (Lipinski definition) is 0. The molecule has 0 fully saturated rings. The van der Waals surface area contributed by atoms with Gasteiger partial charge in [-0.25, -0.2) is 9.59 Å². The summed E-state index contributed by atoms with van der Waals surface area (Å²) in [6.07, 6.45) is 6.16. The van der Waals surface area contributed by atoms with Crippen LogP contribution in [-0.4, -0.2) is 31.1 Å². The standard InChI is InChI=1S/C13H13NO4/c1-17-12(15)11(13(16)18-2)8-5-7-10-6-3-4-9-14-10/h3-9H,1-2H3. The van der Waals surface area contributed by atoms with Gasteiger partial charge in [0.2, 0.25) is 0 Å². The van der Waals surface area contributed by atoms with Gasteiger partial charge in [0.25, 0.3) is 0 Å². The van der Waals surface area contributed by atoms with Crippen LogP contribution in [0.1, 0.15) is 5.69 Å². The van der Waals surface area contributed by atoms with Gasteiger partial charge in [0, 0.05) is 6.20 Å². The Labute approximate surface area is 105 Å². The SMILES string of the molecule is COC(=O)C(=CC=Cc1ccccn1)C(=O)OC. The van der Waals surface area contributed by atoms with Crippen LogP contribution >= 0.6 is 0 Å². The van der Waals surface area contributed by atoms with Crippen LogP contribution in [0.4, 0.5) is 0 Å². The smallest absolute Gasteiger partial charge is 0.345 e. The van der Waals surface area contributed by atoms with Crippen LogP contribution in [0, 0.1) is 0 Å². The van der Waals surface area contributed by atoms with Gasteiger partial charge in [0.1, 0.15) is 5.57 Å². The van der Waals surface area contributed by atoms with E-state index in [2.05, 4.69) is 14.5 Å². The molecule has 5 nitrogen and oxygen atoms in total. The van der Waals surface area contributed by atoms with Gasteiger partial charge < -0.3 is 9.47 Å². The predicted octanol–water partition coefficient (Wildman–Crippen LogP) is 1.37. The fourth-order valence-corrected chi connectivity index (χ4v) is 1.16. The number of pyridine rings is 1. The van der Waals surface area contributed by atoms with Gasteiger partial charge >= 0.3 is 11.9 Å². The average Bonchev–Trinajstić information content (AvgIpc) is 2.43. The molecule has 0 aromatic carbocycles. The van der Waals surface area contributed by atoms with Gasteiger partial charge in [-0.3, -0.25) is 4.98 Å². The van der Waals surface area contributed by atoms with Gasteiger partial charge in [-0.2, -0.15) is 0 Å². The number of rotatable bonds is 4. The molecule has 5 heteroatoms. The molecule has 0 atom stereocenters. The van der Waals surface area contributed by atoms with E-state index in [1.165, 1.54) is 26.4 Å². The van der Waals surface area contributed by atoms with Crippen LogP contribution in [0.3, 0.4) is 0 Å². The van der Waals surface area contributed by atoms with E-state index in [0.717, 1.165) is 0 Å². The first kappa shape index (κ1) is 13.6. The molecule has 0 unspecified atom stereocenters. The second-order valence-corrected chi connectivity index (χ2v) is 3.18. The molecule has 18 heavy (non-hydrogen) atoms. The van der Waals surface area contributed by atoms with Gasteiger partial charge in [-0.15, -0.1) is 0 Å². The summed E-state index contributed by atoms with van der Waals surface area (Å²) in [6, 6.07) is 5.42. The third-order valence-electron chi connectivity index (χ3n) is 2.03. The lowest BCUT2D eigenvalue weighted by atomic mass is 10.2. The quantitative estimate of drug-likeness (QED) is 0.264. The third-order valence-corrected chi connectivity index (χ3v) is 2.03. The first-order chi connectivity index (χ1) is 8.69. The topological polar surface area (TPSA) is 65.5 Å². The number of ether oxygens (including phenoxy) is 2. The highest BCUT2D eigenvalue weighted by Crippen LogP contribution is 2.03. The molecule has 0 amide bonds. The molecule has 1 aromatic rings. The number of allylic oxidation sites excluding steroid dienone is 2. The summed E-state index contributed by atoms with van der Waals surface area (Å²) >= 11 is 0. The molecule has 0 aliphatic heterocycles. The molecule has 1 aromatic heterocycles. The molecule has 1 rings (SSSR count). The number of aromatic nitrogens is 1. The lowest BCUT2D eigenvalue weighted by Gasteiger charge is -2.01. The maximum absolute atomic E-state index is 11.3. The van der Waals surface area contributed by atoms with Crippen LogP contribution in [0.15, 0.2) is 42.1 Å².